The maximum absolute atomic E-state index is 12.5. The summed E-state index contributed by atoms with van der Waals surface area (Å²) in [6, 6.07) is 10.0. The first kappa shape index (κ1) is 17.9. The van der Waals surface area contributed by atoms with E-state index in [9.17, 15) is 4.79 Å². The average Bonchev–Trinajstić information content (AvgIpc) is 3.18. The van der Waals surface area contributed by atoms with Crippen LogP contribution in [0, 0.1) is 6.92 Å². The number of rotatable bonds is 4. The van der Waals surface area contributed by atoms with Crippen molar-refractivity contribution in [3.8, 4) is 0 Å². The van der Waals surface area contributed by atoms with Gasteiger partial charge in [0.25, 0.3) is 0 Å². The summed E-state index contributed by atoms with van der Waals surface area (Å²) in [6.07, 6.45) is 3.91. The summed E-state index contributed by atoms with van der Waals surface area (Å²) < 4.78 is 5.83. The van der Waals surface area contributed by atoms with Crippen LogP contribution in [-0.4, -0.2) is 47.1 Å². The molecule has 0 spiro atoms. The zero-order chi connectivity index (χ0) is 18.6. The number of aromatic nitrogens is 2. The van der Waals surface area contributed by atoms with Crippen LogP contribution in [0.2, 0.25) is 0 Å². The number of benzene rings is 1. The van der Waals surface area contributed by atoms with Crippen molar-refractivity contribution in [3.05, 3.63) is 58.7 Å². The largest absolute Gasteiger partial charge is 0.370 e. The Morgan fingerprint density at radius 3 is 2.96 bits per heavy atom. The van der Waals surface area contributed by atoms with E-state index in [1.165, 1.54) is 17.7 Å². The van der Waals surface area contributed by atoms with Gasteiger partial charge in [-0.3, -0.25) is 0 Å². The zero-order valence-electron chi connectivity index (χ0n) is 15.8. The van der Waals surface area contributed by atoms with E-state index >= 15 is 0 Å². The molecule has 142 valence electrons. The molecule has 2 heterocycles. The van der Waals surface area contributed by atoms with Gasteiger partial charge in [0.15, 0.2) is 0 Å². The van der Waals surface area contributed by atoms with Crippen molar-refractivity contribution < 1.29 is 9.53 Å². The molecule has 2 aromatic rings. The van der Waals surface area contributed by atoms with Crippen LogP contribution in [0.5, 0.6) is 0 Å². The van der Waals surface area contributed by atoms with Crippen molar-refractivity contribution in [1.82, 2.24) is 20.2 Å². The Kier molecular flexibility index (Phi) is 5.34. The van der Waals surface area contributed by atoms with E-state index in [4.69, 9.17) is 4.74 Å². The molecule has 1 saturated heterocycles. The van der Waals surface area contributed by atoms with Gasteiger partial charge in [-0.15, -0.1) is 0 Å². The van der Waals surface area contributed by atoms with E-state index < -0.39 is 0 Å². The minimum Gasteiger partial charge on any atom is -0.370 e. The van der Waals surface area contributed by atoms with Crippen LogP contribution in [-0.2, 0) is 24.0 Å². The molecule has 1 aliphatic carbocycles. The van der Waals surface area contributed by atoms with Crippen molar-refractivity contribution in [2.45, 2.75) is 38.7 Å². The predicted octanol–water partition coefficient (Wildman–Crippen LogP) is 2.60. The lowest BCUT2D eigenvalue weighted by Crippen LogP contribution is -2.47. The summed E-state index contributed by atoms with van der Waals surface area (Å²) in [5.41, 5.74) is 4.72. The lowest BCUT2D eigenvalue weighted by molar-refractivity contribution is -0.0154. The minimum absolute atomic E-state index is 0.0443. The maximum Gasteiger partial charge on any atom is 0.317 e. The Hall–Kier alpha value is -2.47. The normalized spacial score (nSPS) is 19.0. The summed E-state index contributed by atoms with van der Waals surface area (Å²) >= 11 is 0. The molecule has 1 aliphatic heterocycles. The van der Waals surface area contributed by atoms with Gasteiger partial charge < -0.3 is 15.0 Å². The van der Waals surface area contributed by atoms with Gasteiger partial charge in [-0.25, -0.2) is 14.8 Å². The van der Waals surface area contributed by atoms with Gasteiger partial charge in [-0.1, -0.05) is 30.3 Å². The number of nitrogens with zero attached hydrogens (tertiary/aromatic N) is 3. The highest BCUT2D eigenvalue weighted by Gasteiger charge is 2.25. The molecule has 1 aromatic carbocycles. The summed E-state index contributed by atoms with van der Waals surface area (Å²) in [5, 5.41) is 3.01. The van der Waals surface area contributed by atoms with Gasteiger partial charge >= 0.3 is 6.03 Å². The number of hydrogen-bond donors (Lipinski definition) is 1. The number of carbonyl (C=O) groups excluding carboxylic acids is 1. The topological polar surface area (TPSA) is 67.4 Å². The molecule has 1 atom stereocenters. The second-order valence-corrected chi connectivity index (χ2v) is 7.20. The molecule has 6 nitrogen and oxygen atoms in total. The second kappa shape index (κ2) is 8.05. The maximum atomic E-state index is 12.5. The van der Waals surface area contributed by atoms with Gasteiger partial charge in [-0.2, -0.15) is 0 Å². The first-order chi connectivity index (χ1) is 13.2. The van der Waals surface area contributed by atoms with E-state index in [1.807, 2.05) is 35.2 Å². The highest BCUT2D eigenvalue weighted by molar-refractivity contribution is 5.74. The molecule has 0 radical (unpaired) electrons. The Labute approximate surface area is 160 Å². The lowest BCUT2D eigenvalue weighted by Gasteiger charge is -2.33. The molecule has 2 amide bonds. The average molecular weight is 366 g/mol. The quantitative estimate of drug-likeness (QED) is 0.903. The summed E-state index contributed by atoms with van der Waals surface area (Å²) in [5.74, 6) is 0.831. The number of hydrogen-bond acceptors (Lipinski definition) is 4. The van der Waals surface area contributed by atoms with E-state index in [2.05, 4.69) is 22.2 Å². The molecule has 4 rings (SSSR count). The summed E-state index contributed by atoms with van der Waals surface area (Å²) in [7, 11) is 0. The van der Waals surface area contributed by atoms with Crippen molar-refractivity contribution in [2.75, 3.05) is 26.2 Å². The SMILES string of the molecule is Cc1nc(CCNC(=O)N2CCO[C@H](c3ccccc3)C2)nc2c1CCC2. The fourth-order valence-electron chi connectivity index (χ4n) is 3.89. The highest BCUT2D eigenvalue weighted by atomic mass is 16.5. The fourth-order valence-corrected chi connectivity index (χ4v) is 3.89. The highest BCUT2D eigenvalue weighted by Crippen LogP contribution is 2.23. The second-order valence-electron chi connectivity index (χ2n) is 7.20. The number of aryl methyl sites for hydroxylation is 2. The third kappa shape index (κ3) is 4.11. The van der Waals surface area contributed by atoms with Gasteiger partial charge in [0.1, 0.15) is 11.9 Å². The number of morpholine rings is 1. The molecule has 27 heavy (non-hydrogen) atoms. The molecule has 1 aromatic heterocycles. The van der Waals surface area contributed by atoms with Crippen LogP contribution in [0.4, 0.5) is 4.79 Å². The lowest BCUT2D eigenvalue weighted by atomic mass is 10.1. The Balaban J connectivity index is 1.30. The van der Waals surface area contributed by atoms with Crippen LogP contribution in [0.15, 0.2) is 30.3 Å². The van der Waals surface area contributed by atoms with Crippen molar-refractivity contribution in [2.24, 2.45) is 0 Å². The molecule has 1 N–H and O–H groups in total. The molecule has 0 bridgehead atoms. The number of urea groups is 1. The molecule has 1 fully saturated rings. The summed E-state index contributed by atoms with van der Waals surface area (Å²) in [4.78, 5) is 23.7. The van der Waals surface area contributed by atoms with Gasteiger partial charge in [-0.05, 0) is 37.3 Å². The van der Waals surface area contributed by atoms with E-state index in [0.29, 0.717) is 32.7 Å². The van der Waals surface area contributed by atoms with Crippen LogP contribution < -0.4 is 5.32 Å². The minimum atomic E-state index is -0.0617. The first-order valence-electron chi connectivity index (χ1n) is 9.75. The van der Waals surface area contributed by atoms with E-state index in [0.717, 1.165) is 29.9 Å². The van der Waals surface area contributed by atoms with Crippen molar-refractivity contribution in [1.29, 1.82) is 0 Å². The molecule has 2 aliphatic rings. The van der Waals surface area contributed by atoms with Crippen LogP contribution in [0.3, 0.4) is 0 Å². The van der Waals surface area contributed by atoms with E-state index in [-0.39, 0.29) is 12.1 Å². The number of amides is 2. The van der Waals surface area contributed by atoms with Crippen molar-refractivity contribution >= 4 is 6.03 Å². The van der Waals surface area contributed by atoms with Crippen molar-refractivity contribution in [3.63, 3.8) is 0 Å². The third-order valence-corrected chi connectivity index (χ3v) is 5.34. The standard InChI is InChI=1S/C21H26N4O2/c1-15-17-8-5-9-18(17)24-20(23-15)10-11-22-21(26)25-12-13-27-19(14-25)16-6-3-2-4-7-16/h2-4,6-7,19H,5,8-14H2,1H3,(H,22,26)/t19-/m0/s1. The van der Waals surface area contributed by atoms with Gasteiger partial charge in [0.05, 0.1) is 13.2 Å². The molecule has 0 saturated carbocycles. The molecular weight excluding hydrogens is 340 g/mol. The molecule has 0 unspecified atom stereocenters. The predicted molar refractivity (Wildman–Crippen MR) is 103 cm³/mol. The Bertz CT molecular complexity index is 809. The number of nitrogens with one attached hydrogen (secondary N) is 1. The fraction of sp³-hybridized carbons (Fsp3) is 0.476. The third-order valence-electron chi connectivity index (χ3n) is 5.34. The monoisotopic (exact) mass is 366 g/mol. The van der Waals surface area contributed by atoms with Crippen LogP contribution in [0.1, 0.15) is 40.9 Å². The number of carbonyl (C=O) groups is 1. The Morgan fingerprint density at radius 2 is 2.11 bits per heavy atom. The molecule has 6 heteroatoms. The first-order valence-corrected chi connectivity index (χ1v) is 9.75. The van der Waals surface area contributed by atoms with Crippen LogP contribution in [0.25, 0.3) is 0 Å². The summed E-state index contributed by atoms with van der Waals surface area (Å²) in [6.45, 7) is 4.35. The van der Waals surface area contributed by atoms with Gasteiger partial charge in [0.2, 0.25) is 0 Å². The smallest absolute Gasteiger partial charge is 0.317 e. The van der Waals surface area contributed by atoms with Gasteiger partial charge in [0, 0.05) is 30.9 Å². The van der Waals surface area contributed by atoms with E-state index in [1.54, 1.807) is 0 Å². The number of fused-ring (bicyclic) bond motifs is 1. The number of ether oxygens (including phenoxy) is 1. The van der Waals surface area contributed by atoms with Crippen LogP contribution >= 0.6 is 0 Å². The molecular formula is C21H26N4O2. The zero-order valence-corrected chi connectivity index (χ0v) is 15.8. The Morgan fingerprint density at radius 1 is 1.26 bits per heavy atom.